The number of halogens is 5. The Bertz CT molecular complexity index is 1450. The van der Waals surface area contributed by atoms with Crippen LogP contribution in [0.1, 0.15) is 37.1 Å². The SMILES string of the molecule is COc1ccc([C@@]23CC[C@@H](NC(=O)Nc4ccc(F)c(F)c4)C[C@@H]2N(Cc2ncc[nH]2)CC3)cc1OC.O=C(O)C(F)(F)F. The highest BCUT2D eigenvalue weighted by atomic mass is 19.4. The van der Waals surface area contributed by atoms with Gasteiger partial charge in [-0.15, -0.1) is 0 Å². The third-order valence-electron chi connectivity index (χ3n) is 7.99. The fourth-order valence-electron chi connectivity index (χ4n) is 5.95. The summed E-state index contributed by atoms with van der Waals surface area (Å²) >= 11 is 0. The summed E-state index contributed by atoms with van der Waals surface area (Å²) in [7, 11) is 3.27. The number of aromatic nitrogens is 2. The van der Waals surface area contributed by atoms with Crippen molar-refractivity contribution in [3.05, 3.63) is 71.8 Å². The number of urea groups is 1. The molecule has 10 nitrogen and oxygen atoms in total. The zero-order valence-electron chi connectivity index (χ0n) is 23.9. The monoisotopic (exact) mass is 625 g/mol. The first-order valence-electron chi connectivity index (χ1n) is 13.6. The van der Waals surface area contributed by atoms with E-state index >= 15 is 0 Å². The molecule has 4 N–H and O–H groups in total. The van der Waals surface area contributed by atoms with Gasteiger partial charge in [0.2, 0.25) is 0 Å². The van der Waals surface area contributed by atoms with E-state index in [0.717, 1.165) is 50.2 Å². The summed E-state index contributed by atoms with van der Waals surface area (Å²) in [6.07, 6.45) is 1.85. The third kappa shape index (κ3) is 7.38. The Morgan fingerprint density at radius 2 is 1.82 bits per heavy atom. The van der Waals surface area contributed by atoms with Gasteiger partial charge in [-0.1, -0.05) is 6.07 Å². The van der Waals surface area contributed by atoms with Crippen LogP contribution in [0.15, 0.2) is 48.8 Å². The maximum absolute atomic E-state index is 13.6. The maximum atomic E-state index is 13.6. The number of nitrogens with zero attached hydrogens (tertiary/aromatic N) is 2. The molecule has 44 heavy (non-hydrogen) atoms. The van der Waals surface area contributed by atoms with Gasteiger partial charge in [0.1, 0.15) is 5.82 Å². The van der Waals surface area contributed by atoms with Crippen molar-refractivity contribution in [3.63, 3.8) is 0 Å². The van der Waals surface area contributed by atoms with Gasteiger partial charge in [-0.2, -0.15) is 13.2 Å². The number of nitrogens with one attached hydrogen (secondary N) is 3. The molecule has 1 aliphatic heterocycles. The highest BCUT2D eigenvalue weighted by Crippen LogP contribution is 2.50. The minimum absolute atomic E-state index is 0.0826. The number of H-pyrrole nitrogens is 1. The van der Waals surface area contributed by atoms with Crippen molar-refractivity contribution < 1.29 is 46.1 Å². The number of fused-ring (bicyclic) bond motifs is 1. The molecule has 2 aromatic carbocycles. The van der Waals surface area contributed by atoms with Crippen LogP contribution in [0.4, 0.5) is 32.4 Å². The Morgan fingerprint density at radius 3 is 2.43 bits per heavy atom. The number of alkyl halides is 3. The number of anilines is 1. The summed E-state index contributed by atoms with van der Waals surface area (Å²) in [5.74, 6) is -2.43. The van der Waals surface area contributed by atoms with E-state index in [1.165, 1.54) is 11.6 Å². The number of ether oxygens (including phenoxy) is 2. The second-order valence-electron chi connectivity index (χ2n) is 10.5. The fourth-order valence-corrected chi connectivity index (χ4v) is 5.95. The Morgan fingerprint density at radius 1 is 1.09 bits per heavy atom. The van der Waals surface area contributed by atoms with Gasteiger partial charge in [0.25, 0.3) is 0 Å². The number of benzene rings is 2. The first-order valence-corrected chi connectivity index (χ1v) is 13.6. The number of amides is 2. The molecular formula is C29H32F5N5O5. The molecule has 2 fully saturated rings. The average molecular weight is 626 g/mol. The quantitative estimate of drug-likeness (QED) is 0.265. The number of rotatable bonds is 7. The van der Waals surface area contributed by atoms with E-state index in [9.17, 15) is 26.7 Å². The molecule has 15 heteroatoms. The van der Waals surface area contributed by atoms with E-state index in [0.29, 0.717) is 18.0 Å². The van der Waals surface area contributed by atoms with E-state index in [4.69, 9.17) is 19.4 Å². The number of carbonyl (C=O) groups excluding carboxylic acids is 1. The van der Waals surface area contributed by atoms with Gasteiger partial charge >= 0.3 is 18.2 Å². The number of imidazole rings is 1. The van der Waals surface area contributed by atoms with Crippen LogP contribution in [0.3, 0.4) is 0 Å². The minimum Gasteiger partial charge on any atom is -0.493 e. The lowest BCUT2D eigenvalue weighted by molar-refractivity contribution is -0.192. The number of carboxylic acid groups (broad SMARTS) is 1. The van der Waals surface area contributed by atoms with Crippen LogP contribution in [0.2, 0.25) is 0 Å². The number of carbonyl (C=O) groups is 2. The van der Waals surface area contributed by atoms with Crippen molar-refractivity contribution in [2.45, 2.75) is 55.9 Å². The second kappa shape index (κ2) is 13.5. The topological polar surface area (TPSA) is 129 Å². The summed E-state index contributed by atoms with van der Waals surface area (Å²) in [6, 6.07) is 9.08. The van der Waals surface area contributed by atoms with Crippen LogP contribution < -0.4 is 20.1 Å². The van der Waals surface area contributed by atoms with Gasteiger partial charge in [0.05, 0.1) is 20.8 Å². The lowest BCUT2D eigenvalue weighted by atomic mass is 9.65. The predicted molar refractivity (Wildman–Crippen MR) is 148 cm³/mol. The fraction of sp³-hybridized carbons (Fsp3) is 0.414. The molecule has 1 aliphatic carbocycles. The summed E-state index contributed by atoms with van der Waals surface area (Å²) in [5.41, 5.74) is 1.29. The van der Waals surface area contributed by atoms with Crippen LogP contribution in [0, 0.1) is 11.6 Å². The Labute approximate surface area is 249 Å². The van der Waals surface area contributed by atoms with Crippen LogP contribution in [0.5, 0.6) is 11.5 Å². The number of carboxylic acids is 1. The number of methoxy groups -OCH3 is 2. The van der Waals surface area contributed by atoms with Gasteiger partial charge in [0.15, 0.2) is 23.1 Å². The smallest absolute Gasteiger partial charge is 0.490 e. The van der Waals surface area contributed by atoms with Gasteiger partial charge in [-0.3, -0.25) is 4.90 Å². The summed E-state index contributed by atoms with van der Waals surface area (Å²) in [4.78, 5) is 31.7. The Balaban J connectivity index is 0.000000566. The van der Waals surface area contributed by atoms with Crippen molar-refractivity contribution in [2.75, 3.05) is 26.1 Å². The highest BCUT2D eigenvalue weighted by Gasteiger charge is 2.52. The van der Waals surface area contributed by atoms with Gasteiger partial charge < -0.3 is 30.2 Å². The lowest BCUT2D eigenvalue weighted by Gasteiger charge is -2.45. The number of aliphatic carboxylic acids is 1. The molecule has 0 unspecified atom stereocenters. The molecule has 1 saturated carbocycles. The van der Waals surface area contributed by atoms with E-state index in [1.54, 1.807) is 20.4 Å². The van der Waals surface area contributed by atoms with Crippen molar-refractivity contribution in [1.29, 1.82) is 0 Å². The molecule has 238 valence electrons. The molecule has 2 aliphatic rings. The third-order valence-corrected chi connectivity index (χ3v) is 7.99. The number of likely N-dealkylation sites (tertiary alicyclic amines) is 1. The first kappa shape index (κ1) is 32.5. The zero-order chi connectivity index (χ0) is 32.1. The van der Waals surface area contributed by atoms with Gasteiger partial charge in [0, 0.05) is 41.6 Å². The van der Waals surface area contributed by atoms with Crippen molar-refractivity contribution >= 4 is 17.7 Å². The number of hydrogen-bond donors (Lipinski definition) is 4. The largest absolute Gasteiger partial charge is 0.493 e. The molecule has 2 heterocycles. The number of hydrogen-bond acceptors (Lipinski definition) is 6. The van der Waals surface area contributed by atoms with E-state index in [1.807, 2.05) is 12.3 Å². The average Bonchev–Trinajstić information content (AvgIpc) is 3.63. The Kier molecular flexibility index (Phi) is 9.97. The molecule has 1 saturated heterocycles. The van der Waals surface area contributed by atoms with Crippen LogP contribution in [-0.4, -0.2) is 71.0 Å². The molecule has 0 bridgehead atoms. The molecule has 2 amide bonds. The van der Waals surface area contributed by atoms with Gasteiger partial charge in [-0.25, -0.2) is 23.4 Å². The van der Waals surface area contributed by atoms with Crippen molar-refractivity contribution in [1.82, 2.24) is 20.2 Å². The Hall–Kier alpha value is -4.40. The van der Waals surface area contributed by atoms with Crippen LogP contribution >= 0.6 is 0 Å². The second-order valence-corrected chi connectivity index (χ2v) is 10.5. The zero-order valence-corrected chi connectivity index (χ0v) is 23.9. The molecule has 0 spiro atoms. The highest BCUT2D eigenvalue weighted by molar-refractivity contribution is 5.89. The minimum atomic E-state index is -5.08. The summed E-state index contributed by atoms with van der Waals surface area (Å²) in [5, 5.41) is 12.8. The molecule has 0 radical (unpaired) electrons. The van der Waals surface area contributed by atoms with Crippen LogP contribution in [-0.2, 0) is 16.8 Å². The van der Waals surface area contributed by atoms with Gasteiger partial charge in [-0.05, 0) is 62.1 Å². The van der Waals surface area contributed by atoms with E-state index in [-0.39, 0.29) is 23.2 Å². The molecule has 1 aromatic heterocycles. The number of aromatic amines is 1. The first-order chi connectivity index (χ1) is 20.9. The summed E-state index contributed by atoms with van der Waals surface area (Å²) < 4.78 is 69.6. The van der Waals surface area contributed by atoms with E-state index in [2.05, 4.69) is 37.6 Å². The maximum Gasteiger partial charge on any atom is 0.490 e. The predicted octanol–water partition coefficient (Wildman–Crippen LogP) is 5.22. The molecule has 5 rings (SSSR count). The summed E-state index contributed by atoms with van der Waals surface area (Å²) in [6.45, 7) is 1.58. The van der Waals surface area contributed by atoms with Crippen LogP contribution in [0.25, 0.3) is 0 Å². The lowest BCUT2D eigenvalue weighted by Crippen LogP contribution is -2.52. The van der Waals surface area contributed by atoms with Crippen molar-refractivity contribution in [3.8, 4) is 11.5 Å². The molecular weight excluding hydrogens is 593 g/mol. The van der Waals surface area contributed by atoms with Crippen molar-refractivity contribution in [2.24, 2.45) is 0 Å². The normalized spacial score (nSPS) is 21.4. The van der Waals surface area contributed by atoms with E-state index < -0.39 is 29.8 Å². The molecule has 3 aromatic rings. The molecule has 3 atom stereocenters. The standard InChI is InChI=1S/C27H31F2N5O3.C2HF3O2/c1-36-22-6-3-17(13-23(22)37-2)27-8-7-19(33-26(35)32-18-4-5-20(28)21(29)14-18)15-24(27)34(12-9-27)16-25-30-10-11-31-25;3-2(4,5)1(6)7/h3-6,10-11,13-14,19,24H,7-9,12,15-16H2,1-2H3,(H,30,31)(H2,32,33,35);(H,6,7)/t19-,24+,27+;/m1./s1.